The Morgan fingerprint density at radius 3 is 2.88 bits per heavy atom. The molecule has 1 fully saturated rings. The van der Waals surface area contributed by atoms with Crippen LogP contribution in [0.4, 0.5) is 5.69 Å². The third-order valence-electron chi connectivity index (χ3n) is 6.11. The Balaban J connectivity index is 1.94. The summed E-state index contributed by atoms with van der Waals surface area (Å²) in [5.74, 6) is 0.365. The van der Waals surface area contributed by atoms with Gasteiger partial charge in [0.25, 0.3) is 0 Å². The molecule has 0 radical (unpaired) electrons. The Bertz CT molecular complexity index is 886. The molecule has 0 aromatic heterocycles. The zero-order chi connectivity index (χ0) is 18.3. The molecular weight excluding hydrogens is 340 g/mol. The van der Waals surface area contributed by atoms with Gasteiger partial charge in [-0.2, -0.15) is 0 Å². The Kier molecular flexibility index (Phi) is 4.50. The highest BCUT2D eigenvalue weighted by molar-refractivity contribution is 6.31. The molecule has 2 aliphatic rings. The van der Waals surface area contributed by atoms with Crippen LogP contribution in [0.5, 0.6) is 0 Å². The van der Waals surface area contributed by atoms with Gasteiger partial charge in [-0.25, -0.2) is 0 Å². The van der Waals surface area contributed by atoms with Crippen LogP contribution >= 0.6 is 11.6 Å². The maximum Gasteiger partial charge on any atom is 0.0683 e. The summed E-state index contributed by atoms with van der Waals surface area (Å²) < 4.78 is 0. The Morgan fingerprint density at radius 2 is 2.12 bits per heavy atom. The van der Waals surface area contributed by atoms with Gasteiger partial charge >= 0.3 is 0 Å². The van der Waals surface area contributed by atoms with E-state index in [9.17, 15) is 0 Å². The van der Waals surface area contributed by atoms with E-state index < -0.39 is 0 Å². The van der Waals surface area contributed by atoms with E-state index >= 15 is 0 Å². The number of nitrogens with zero attached hydrogens (tertiary/aromatic N) is 1. The number of nitrogens with one attached hydrogen (secondary N) is 1. The van der Waals surface area contributed by atoms with Crippen LogP contribution in [0.25, 0.3) is 0 Å². The smallest absolute Gasteiger partial charge is 0.0683 e. The Hall–Kier alpha value is -1.90. The van der Waals surface area contributed by atoms with Crippen LogP contribution in [0.2, 0.25) is 5.02 Å². The third kappa shape index (κ3) is 2.55. The molecule has 26 heavy (non-hydrogen) atoms. The van der Waals surface area contributed by atoms with Crippen molar-refractivity contribution in [3.05, 3.63) is 76.3 Å². The SMILES string of the molecule is C=C(CC)[C@H]1NCC[C@@H](c2ccccc2C)[C@]12C=Nc1cc(Cl)ccc12. The average molecular weight is 365 g/mol. The molecule has 2 nitrogen and oxygen atoms in total. The fourth-order valence-electron chi connectivity index (χ4n) is 4.79. The summed E-state index contributed by atoms with van der Waals surface area (Å²) in [5.41, 5.74) is 6.04. The number of piperidine rings is 1. The van der Waals surface area contributed by atoms with Crippen molar-refractivity contribution in [2.24, 2.45) is 4.99 Å². The predicted molar refractivity (Wildman–Crippen MR) is 111 cm³/mol. The summed E-state index contributed by atoms with van der Waals surface area (Å²) in [6.07, 6.45) is 4.20. The summed E-state index contributed by atoms with van der Waals surface area (Å²) in [7, 11) is 0. The number of halogens is 1. The fraction of sp³-hybridized carbons (Fsp3) is 0.348. The van der Waals surface area contributed by atoms with E-state index in [1.807, 2.05) is 12.1 Å². The summed E-state index contributed by atoms with van der Waals surface area (Å²) >= 11 is 6.25. The summed E-state index contributed by atoms with van der Waals surface area (Å²) in [6.45, 7) is 9.79. The number of benzene rings is 2. The maximum atomic E-state index is 6.25. The van der Waals surface area contributed by atoms with Crippen LogP contribution in [-0.4, -0.2) is 18.8 Å². The zero-order valence-corrected chi connectivity index (χ0v) is 16.2. The fourth-order valence-corrected chi connectivity index (χ4v) is 4.96. The number of hydrogen-bond acceptors (Lipinski definition) is 2. The lowest BCUT2D eigenvalue weighted by Gasteiger charge is -2.48. The minimum Gasteiger partial charge on any atom is -0.309 e. The van der Waals surface area contributed by atoms with Crippen LogP contribution in [0, 0.1) is 6.92 Å². The number of aliphatic imine (C=N–C) groups is 1. The van der Waals surface area contributed by atoms with Crippen LogP contribution in [-0.2, 0) is 5.41 Å². The highest BCUT2D eigenvalue weighted by atomic mass is 35.5. The first-order valence-corrected chi connectivity index (χ1v) is 9.77. The van der Waals surface area contributed by atoms with Crippen molar-refractivity contribution in [2.75, 3.05) is 6.54 Å². The van der Waals surface area contributed by atoms with Gasteiger partial charge in [-0.3, -0.25) is 4.99 Å². The van der Waals surface area contributed by atoms with E-state index in [1.165, 1.54) is 22.3 Å². The van der Waals surface area contributed by atoms with Crippen molar-refractivity contribution in [3.63, 3.8) is 0 Å². The molecule has 1 spiro atoms. The van der Waals surface area contributed by atoms with Crippen molar-refractivity contribution in [1.29, 1.82) is 0 Å². The number of rotatable bonds is 3. The monoisotopic (exact) mass is 364 g/mol. The summed E-state index contributed by atoms with van der Waals surface area (Å²) in [6, 6.07) is 15.1. The third-order valence-corrected chi connectivity index (χ3v) is 6.34. The van der Waals surface area contributed by atoms with Crippen molar-refractivity contribution in [2.45, 2.75) is 44.1 Å². The molecule has 3 atom stereocenters. The second-order valence-corrected chi connectivity index (χ2v) is 7.89. The van der Waals surface area contributed by atoms with Crippen molar-refractivity contribution in [1.82, 2.24) is 5.32 Å². The first-order chi connectivity index (χ1) is 12.6. The lowest BCUT2D eigenvalue weighted by atomic mass is 9.59. The molecule has 2 heterocycles. The van der Waals surface area contributed by atoms with Crippen LogP contribution in [0.3, 0.4) is 0 Å². The first kappa shape index (κ1) is 17.5. The van der Waals surface area contributed by atoms with Crippen LogP contribution in [0.15, 0.2) is 59.6 Å². The molecule has 134 valence electrons. The molecule has 0 bridgehead atoms. The molecule has 0 unspecified atom stereocenters. The van der Waals surface area contributed by atoms with E-state index in [2.05, 4.69) is 62.3 Å². The van der Waals surface area contributed by atoms with Crippen LogP contribution in [0.1, 0.15) is 42.4 Å². The number of aryl methyl sites for hydroxylation is 1. The van der Waals surface area contributed by atoms with Gasteiger partial charge in [-0.15, -0.1) is 0 Å². The average Bonchev–Trinajstić information content (AvgIpc) is 3.01. The van der Waals surface area contributed by atoms with Gasteiger partial charge in [0.2, 0.25) is 0 Å². The molecule has 2 aliphatic heterocycles. The molecule has 0 saturated carbocycles. The topological polar surface area (TPSA) is 24.4 Å². The van der Waals surface area contributed by atoms with Crippen molar-refractivity contribution < 1.29 is 0 Å². The lowest BCUT2D eigenvalue weighted by molar-refractivity contribution is 0.290. The molecule has 1 N–H and O–H groups in total. The molecule has 0 aliphatic carbocycles. The van der Waals surface area contributed by atoms with Gasteiger partial charge in [0.1, 0.15) is 0 Å². The Morgan fingerprint density at radius 1 is 1.31 bits per heavy atom. The molecular formula is C23H25ClN2. The normalized spacial score (nSPS) is 26.9. The van der Waals surface area contributed by atoms with Gasteiger partial charge < -0.3 is 5.32 Å². The van der Waals surface area contributed by atoms with Gasteiger partial charge in [0.05, 0.1) is 11.1 Å². The minimum atomic E-state index is -0.211. The van der Waals surface area contributed by atoms with Gasteiger partial charge in [-0.05, 0) is 55.1 Å². The number of fused-ring (bicyclic) bond motifs is 2. The molecule has 2 aromatic rings. The highest BCUT2D eigenvalue weighted by Crippen LogP contribution is 2.53. The molecule has 1 saturated heterocycles. The lowest BCUT2D eigenvalue weighted by Crippen LogP contribution is -2.57. The minimum absolute atomic E-state index is 0.178. The van der Waals surface area contributed by atoms with E-state index in [0.717, 1.165) is 30.1 Å². The summed E-state index contributed by atoms with van der Waals surface area (Å²) in [4.78, 5) is 4.82. The van der Waals surface area contributed by atoms with Gasteiger partial charge in [-0.1, -0.05) is 61.0 Å². The standard InChI is InChI=1S/C23H25ClN2/c1-4-15(2)22-23(14-26-21-13-17(24)9-10-20(21)23)19(11-12-25-22)18-8-6-5-7-16(18)3/h5-10,13-14,19,22,25H,2,4,11-12H2,1,3H3/t19-,22+,23-/m0/s1. The van der Waals surface area contributed by atoms with E-state index in [4.69, 9.17) is 16.6 Å². The molecule has 0 amide bonds. The second-order valence-electron chi connectivity index (χ2n) is 7.45. The largest absolute Gasteiger partial charge is 0.309 e. The molecule has 4 rings (SSSR count). The quantitative estimate of drug-likeness (QED) is 0.692. The van der Waals surface area contributed by atoms with Gasteiger partial charge in [0, 0.05) is 23.2 Å². The van der Waals surface area contributed by atoms with Crippen molar-refractivity contribution in [3.8, 4) is 0 Å². The van der Waals surface area contributed by atoms with Gasteiger partial charge in [0.15, 0.2) is 0 Å². The predicted octanol–water partition coefficient (Wildman–Crippen LogP) is 5.71. The Labute approximate surface area is 161 Å². The highest BCUT2D eigenvalue weighted by Gasteiger charge is 2.52. The number of hydrogen-bond donors (Lipinski definition) is 1. The molecule has 3 heteroatoms. The zero-order valence-electron chi connectivity index (χ0n) is 15.4. The second kappa shape index (κ2) is 6.68. The van der Waals surface area contributed by atoms with E-state index in [0.29, 0.717) is 5.92 Å². The summed E-state index contributed by atoms with van der Waals surface area (Å²) in [5, 5.41) is 4.49. The van der Waals surface area contributed by atoms with E-state index in [-0.39, 0.29) is 11.5 Å². The van der Waals surface area contributed by atoms with E-state index in [1.54, 1.807) is 0 Å². The van der Waals surface area contributed by atoms with Crippen molar-refractivity contribution >= 4 is 23.5 Å². The molecule has 2 aromatic carbocycles. The van der Waals surface area contributed by atoms with Crippen LogP contribution < -0.4 is 5.32 Å². The maximum absolute atomic E-state index is 6.25. The first-order valence-electron chi connectivity index (χ1n) is 9.39.